The first-order valence-electron chi connectivity index (χ1n) is 7.35. The van der Waals surface area contributed by atoms with Crippen LogP contribution in [0.2, 0.25) is 5.02 Å². The van der Waals surface area contributed by atoms with Gasteiger partial charge in [-0.15, -0.1) is 0 Å². The van der Waals surface area contributed by atoms with Crippen molar-refractivity contribution in [1.29, 1.82) is 0 Å². The molecule has 6 nitrogen and oxygen atoms in total. The summed E-state index contributed by atoms with van der Waals surface area (Å²) in [5, 5.41) is 12.3. The molecule has 1 fully saturated rings. The number of β-amino-alcohol motifs (C(OH)–C–C–N with tert-alkyl or cyclic N) is 1. The van der Waals surface area contributed by atoms with Gasteiger partial charge in [-0.2, -0.15) is 0 Å². The number of anilines is 1. The zero-order valence-corrected chi connectivity index (χ0v) is 13.7. The monoisotopic (exact) mass is 335 g/mol. The van der Waals surface area contributed by atoms with E-state index in [1.165, 1.54) is 7.11 Å². The summed E-state index contributed by atoms with van der Waals surface area (Å²) in [5.74, 6) is -0.307. The summed E-state index contributed by atoms with van der Waals surface area (Å²) in [6, 6.07) is 5.32. The van der Waals surface area contributed by atoms with Gasteiger partial charge in [0.25, 0.3) is 5.91 Å². The third-order valence-electron chi connectivity index (χ3n) is 4.09. The van der Waals surface area contributed by atoms with E-state index in [9.17, 15) is 9.90 Å². The highest BCUT2D eigenvalue weighted by Gasteiger charge is 2.29. The summed E-state index contributed by atoms with van der Waals surface area (Å²) in [4.78, 5) is 24.1. The standard InChI is InChI=1S/C16H18ClN3O3/c1-19(23-2)16(22)12-8-13(17)11-4-3-6-18-14(11)15(12)20-7-5-10(21)9-20/h3-4,6,8,10,21H,5,7,9H2,1-2H3/t10-/m1/s1. The maximum absolute atomic E-state index is 12.7. The fraction of sp³-hybridized carbons (Fsp3) is 0.375. The summed E-state index contributed by atoms with van der Waals surface area (Å²) >= 11 is 6.34. The molecule has 1 saturated heterocycles. The number of hydrogen-bond acceptors (Lipinski definition) is 5. The molecule has 1 aliphatic heterocycles. The highest BCUT2D eigenvalue weighted by atomic mass is 35.5. The normalized spacial score (nSPS) is 17.7. The summed E-state index contributed by atoms with van der Waals surface area (Å²) in [6.07, 6.45) is 1.92. The highest BCUT2D eigenvalue weighted by molar-refractivity contribution is 6.36. The number of hydroxylamine groups is 2. The molecule has 1 amide bonds. The SMILES string of the molecule is CON(C)C(=O)c1cc(Cl)c2cccnc2c1N1CC[C@@H](O)C1. The van der Waals surface area contributed by atoms with Crippen molar-refractivity contribution in [2.75, 3.05) is 32.1 Å². The number of aliphatic hydroxyl groups excluding tert-OH is 1. The number of pyridine rings is 1. The van der Waals surface area contributed by atoms with E-state index >= 15 is 0 Å². The Morgan fingerprint density at radius 1 is 1.57 bits per heavy atom. The quantitative estimate of drug-likeness (QED) is 0.870. The lowest BCUT2D eigenvalue weighted by atomic mass is 10.1. The first-order chi connectivity index (χ1) is 11.0. The fourth-order valence-electron chi connectivity index (χ4n) is 2.87. The van der Waals surface area contributed by atoms with Gasteiger partial charge in [0.2, 0.25) is 0 Å². The van der Waals surface area contributed by atoms with Crippen molar-refractivity contribution in [2.24, 2.45) is 0 Å². The minimum absolute atomic E-state index is 0.307. The summed E-state index contributed by atoms with van der Waals surface area (Å²) in [6.45, 7) is 1.12. The van der Waals surface area contributed by atoms with E-state index in [2.05, 4.69) is 4.98 Å². The van der Waals surface area contributed by atoms with E-state index in [1.807, 2.05) is 11.0 Å². The van der Waals surface area contributed by atoms with E-state index in [1.54, 1.807) is 25.4 Å². The van der Waals surface area contributed by atoms with Crippen molar-refractivity contribution in [1.82, 2.24) is 10.0 Å². The molecule has 0 radical (unpaired) electrons. The summed E-state index contributed by atoms with van der Waals surface area (Å²) < 4.78 is 0. The molecule has 7 heteroatoms. The Labute approximate surface area is 139 Å². The second kappa shape index (κ2) is 6.31. The van der Waals surface area contributed by atoms with Crippen LogP contribution in [0.1, 0.15) is 16.8 Å². The molecule has 1 aliphatic rings. The number of fused-ring (bicyclic) bond motifs is 1. The Balaban J connectivity index is 2.23. The van der Waals surface area contributed by atoms with Crippen molar-refractivity contribution >= 4 is 34.1 Å². The number of hydrogen-bond donors (Lipinski definition) is 1. The van der Waals surface area contributed by atoms with Gasteiger partial charge in [0.05, 0.1) is 35.0 Å². The zero-order chi connectivity index (χ0) is 16.6. The molecule has 1 N–H and O–H groups in total. The number of nitrogens with zero attached hydrogens (tertiary/aromatic N) is 3. The number of benzene rings is 1. The maximum atomic E-state index is 12.7. The topological polar surface area (TPSA) is 65.9 Å². The van der Waals surface area contributed by atoms with Crippen molar-refractivity contribution in [3.63, 3.8) is 0 Å². The number of aliphatic hydroxyl groups is 1. The Kier molecular flexibility index (Phi) is 4.39. The van der Waals surface area contributed by atoms with Crippen LogP contribution in [0.15, 0.2) is 24.4 Å². The molecule has 1 atom stereocenters. The molecule has 23 heavy (non-hydrogen) atoms. The van der Waals surface area contributed by atoms with Gasteiger partial charge in [0.15, 0.2) is 0 Å². The van der Waals surface area contributed by atoms with Gasteiger partial charge in [-0.1, -0.05) is 11.6 Å². The molecule has 3 rings (SSSR count). The number of carbonyl (C=O) groups excluding carboxylic acids is 1. The second-order valence-corrected chi connectivity index (χ2v) is 5.94. The van der Waals surface area contributed by atoms with Crippen LogP contribution in [-0.4, -0.2) is 54.4 Å². The van der Waals surface area contributed by atoms with Crippen molar-refractivity contribution < 1.29 is 14.7 Å². The minimum Gasteiger partial charge on any atom is -0.391 e. The average molecular weight is 336 g/mol. The first kappa shape index (κ1) is 16.0. The van der Waals surface area contributed by atoms with Crippen LogP contribution >= 0.6 is 11.6 Å². The van der Waals surface area contributed by atoms with Gasteiger partial charge in [0, 0.05) is 31.7 Å². The fourth-order valence-corrected chi connectivity index (χ4v) is 3.13. The number of aromatic nitrogens is 1. The lowest BCUT2D eigenvalue weighted by Gasteiger charge is -2.24. The molecule has 0 bridgehead atoms. The van der Waals surface area contributed by atoms with Crippen LogP contribution in [-0.2, 0) is 4.84 Å². The number of carbonyl (C=O) groups is 1. The predicted molar refractivity (Wildman–Crippen MR) is 88.7 cm³/mol. The smallest absolute Gasteiger partial charge is 0.279 e. The zero-order valence-electron chi connectivity index (χ0n) is 13.0. The van der Waals surface area contributed by atoms with E-state index in [0.717, 1.165) is 10.4 Å². The largest absolute Gasteiger partial charge is 0.391 e. The molecule has 0 saturated carbocycles. The molecule has 1 aromatic heterocycles. The van der Waals surface area contributed by atoms with Crippen molar-refractivity contribution in [3.8, 4) is 0 Å². The van der Waals surface area contributed by atoms with E-state index < -0.39 is 6.10 Å². The predicted octanol–water partition coefficient (Wildman–Crippen LogP) is 2.09. The Morgan fingerprint density at radius 2 is 2.35 bits per heavy atom. The Bertz CT molecular complexity index is 753. The van der Waals surface area contributed by atoms with Gasteiger partial charge >= 0.3 is 0 Å². The molecule has 2 heterocycles. The maximum Gasteiger partial charge on any atom is 0.279 e. The van der Waals surface area contributed by atoms with Gasteiger partial charge in [-0.3, -0.25) is 14.6 Å². The molecular weight excluding hydrogens is 318 g/mol. The molecule has 0 spiro atoms. The summed E-state index contributed by atoms with van der Waals surface area (Å²) in [7, 11) is 2.97. The second-order valence-electron chi connectivity index (χ2n) is 5.53. The van der Waals surface area contributed by atoms with Gasteiger partial charge in [-0.25, -0.2) is 5.06 Å². The Morgan fingerprint density at radius 3 is 3.00 bits per heavy atom. The van der Waals surface area contributed by atoms with Crippen LogP contribution in [0.25, 0.3) is 10.9 Å². The van der Waals surface area contributed by atoms with E-state index in [0.29, 0.717) is 41.3 Å². The van der Waals surface area contributed by atoms with E-state index in [4.69, 9.17) is 16.4 Å². The Hall–Kier alpha value is -1.89. The van der Waals surface area contributed by atoms with Crippen LogP contribution in [0, 0.1) is 0 Å². The molecular formula is C16H18ClN3O3. The highest BCUT2D eigenvalue weighted by Crippen LogP contribution is 2.36. The van der Waals surface area contributed by atoms with Gasteiger partial charge in [-0.05, 0) is 24.6 Å². The first-order valence-corrected chi connectivity index (χ1v) is 7.73. The molecule has 0 unspecified atom stereocenters. The molecule has 2 aromatic rings. The molecule has 122 valence electrons. The van der Waals surface area contributed by atoms with Crippen LogP contribution in [0.3, 0.4) is 0 Å². The lowest BCUT2D eigenvalue weighted by Crippen LogP contribution is -2.29. The average Bonchev–Trinajstić information content (AvgIpc) is 2.99. The number of rotatable bonds is 3. The van der Waals surface area contributed by atoms with Gasteiger partial charge in [0.1, 0.15) is 0 Å². The number of amides is 1. The van der Waals surface area contributed by atoms with Crippen LogP contribution in [0.4, 0.5) is 5.69 Å². The minimum atomic E-state index is -0.410. The van der Waals surface area contributed by atoms with Crippen molar-refractivity contribution in [3.05, 3.63) is 35.0 Å². The van der Waals surface area contributed by atoms with Crippen molar-refractivity contribution in [2.45, 2.75) is 12.5 Å². The van der Waals surface area contributed by atoms with Gasteiger partial charge < -0.3 is 10.0 Å². The third kappa shape index (κ3) is 2.85. The van der Waals surface area contributed by atoms with E-state index in [-0.39, 0.29) is 5.91 Å². The summed E-state index contributed by atoms with van der Waals surface area (Å²) in [5.41, 5.74) is 1.76. The molecule has 0 aliphatic carbocycles. The third-order valence-corrected chi connectivity index (χ3v) is 4.40. The number of halogens is 1. The van der Waals surface area contributed by atoms with Crippen LogP contribution < -0.4 is 4.90 Å². The molecule has 1 aromatic carbocycles. The van der Waals surface area contributed by atoms with Crippen LogP contribution in [0.5, 0.6) is 0 Å². The lowest BCUT2D eigenvalue weighted by molar-refractivity contribution is -0.0756.